The van der Waals surface area contributed by atoms with Crippen molar-refractivity contribution in [3.8, 4) is 22.1 Å². The number of likely N-dealkylation sites (tertiary alicyclic amines) is 1. The number of aromatic nitrogens is 1. The van der Waals surface area contributed by atoms with E-state index in [-0.39, 0.29) is 18.7 Å². The Balaban J connectivity index is 1.52. The Kier molecular flexibility index (Phi) is 4.35. The van der Waals surface area contributed by atoms with E-state index in [0.717, 1.165) is 41.5 Å². The van der Waals surface area contributed by atoms with Gasteiger partial charge in [-0.15, -0.1) is 11.3 Å². The van der Waals surface area contributed by atoms with Crippen LogP contribution in [-0.2, 0) is 0 Å². The molecule has 2 aromatic rings. The lowest BCUT2D eigenvalue weighted by atomic mass is 9.92. The summed E-state index contributed by atoms with van der Waals surface area (Å²) in [6.07, 6.45) is 2.08. The largest absolute Gasteiger partial charge is 0.454 e. The average molecular weight is 359 g/mol. The number of benzene rings is 1. The SMILES string of the molecule is CC(N)C1CCCN(C(=O)c2csc(-c3ccc4c(c3)OCO4)n2)C1. The normalized spacial score (nSPS) is 20.6. The van der Waals surface area contributed by atoms with Gasteiger partial charge in [-0.2, -0.15) is 0 Å². The Morgan fingerprint density at radius 3 is 3.08 bits per heavy atom. The summed E-state index contributed by atoms with van der Waals surface area (Å²) < 4.78 is 10.7. The van der Waals surface area contributed by atoms with Crippen LogP contribution in [0.2, 0.25) is 0 Å². The number of carbonyl (C=O) groups is 1. The lowest BCUT2D eigenvalue weighted by Gasteiger charge is -2.34. The van der Waals surface area contributed by atoms with Crippen molar-refractivity contribution in [2.24, 2.45) is 11.7 Å². The molecule has 1 fully saturated rings. The molecule has 1 aromatic carbocycles. The molecule has 3 heterocycles. The maximum atomic E-state index is 12.8. The molecule has 2 unspecified atom stereocenters. The number of carbonyl (C=O) groups excluding carboxylic acids is 1. The highest BCUT2D eigenvalue weighted by molar-refractivity contribution is 7.13. The number of rotatable bonds is 3. The van der Waals surface area contributed by atoms with Crippen LogP contribution in [0.15, 0.2) is 23.6 Å². The molecule has 0 spiro atoms. The summed E-state index contributed by atoms with van der Waals surface area (Å²) >= 11 is 1.47. The molecule has 1 saturated heterocycles. The number of nitrogens with two attached hydrogens (primary N) is 1. The number of ether oxygens (including phenoxy) is 2. The molecular formula is C18H21N3O3S. The van der Waals surface area contributed by atoms with Crippen LogP contribution in [0.1, 0.15) is 30.3 Å². The monoisotopic (exact) mass is 359 g/mol. The first-order chi connectivity index (χ1) is 12.1. The van der Waals surface area contributed by atoms with Crippen molar-refractivity contribution in [3.63, 3.8) is 0 Å². The van der Waals surface area contributed by atoms with Gasteiger partial charge in [0, 0.05) is 30.1 Å². The summed E-state index contributed by atoms with van der Waals surface area (Å²) in [5, 5.41) is 2.64. The molecule has 6 nitrogen and oxygen atoms in total. The van der Waals surface area contributed by atoms with Crippen LogP contribution in [0.25, 0.3) is 10.6 Å². The van der Waals surface area contributed by atoms with E-state index in [0.29, 0.717) is 18.2 Å². The highest BCUT2D eigenvalue weighted by Crippen LogP contribution is 2.36. The third kappa shape index (κ3) is 3.21. The van der Waals surface area contributed by atoms with Crippen LogP contribution >= 0.6 is 11.3 Å². The zero-order valence-corrected chi connectivity index (χ0v) is 14.9. The second-order valence-corrected chi connectivity index (χ2v) is 7.48. The molecule has 1 aromatic heterocycles. The lowest BCUT2D eigenvalue weighted by molar-refractivity contribution is 0.0656. The molecule has 2 aliphatic rings. The quantitative estimate of drug-likeness (QED) is 0.912. The van der Waals surface area contributed by atoms with Gasteiger partial charge in [-0.3, -0.25) is 4.79 Å². The second-order valence-electron chi connectivity index (χ2n) is 6.62. The fraction of sp³-hybridized carbons (Fsp3) is 0.444. The van der Waals surface area contributed by atoms with Gasteiger partial charge >= 0.3 is 0 Å². The lowest BCUT2D eigenvalue weighted by Crippen LogP contribution is -2.45. The number of fused-ring (bicyclic) bond motifs is 1. The van der Waals surface area contributed by atoms with Gasteiger partial charge in [0.15, 0.2) is 11.5 Å². The Bertz CT molecular complexity index is 790. The van der Waals surface area contributed by atoms with E-state index in [1.165, 1.54) is 11.3 Å². The molecule has 2 aliphatic heterocycles. The number of thiazole rings is 1. The molecule has 0 radical (unpaired) electrons. The Hall–Kier alpha value is -2.12. The van der Waals surface area contributed by atoms with Gasteiger partial charge in [-0.05, 0) is 43.9 Å². The molecule has 2 N–H and O–H groups in total. The third-order valence-electron chi connectivity index (χ3n) is 4.83. The van der Waals surface area contributed by atoms with Crippen LogP contribution < -0.4 is 15.2 Å². The van der Waals surface area contributed by atoms with Gasteiger partial charge in [0.25, 0.3) is 5.91 Å². The Morgan fingerprint density at radius 1 is 1.40 bits per heavy atom. The molecule has 4 rings (SSSR count). The molecule has 2 atom stereocenters. The van der Waals surface area contributed by atoms with Gasteiger partial charge < -0.3 is 20.1 Å². The van der Waals surface area contributed by atoms with Gasteiger partial charge in [-0.25, -0.2) is 4.98 Å². The van der Waals surface area contributed by atoms with Gasteiger partial charge in [0.05, 0.1) is 0 Å². The van der Waals surface area contributed by atoms with Crippen molar-refractivity contribution >= 4 is 17.2 Å². The van der Waals surface area contributed by atoms with E-state index >= 15 is 0 Å². The molecule has 0 bridgehead atoms. The number of hydrogen-bond acceptors (Lipinski definition) is 6. The predicted molar refractivity (Wildman–Crippen MR) is 95.9 cm³/mol. The van der Waals surface area contributed by atoms with Crippen molar-refractivity contribution in [1.29, 1.82) is 0 Å². The highest BCUT2D eigenvalue weighted by Gasteiger charge is 2.27. The fourth-order valence-electron chi connectivity index (χ4n) is 3.32. The minimum Gasteiger partial charge on any atom is -0.454 e. The summed E-state index contributed by atoms with van der Waals surface area (Å²) in [4.78, 5) is 19.2. The zero-order valence-electron chi connectivity index (χ0n) is 14.1. The Morgan fingerprint density at radius 2 is 2.24 bits per heavy atom. The van der Waals surface area contributed by atoms with Crippen LogP contribution in [0.4, 0.5) is 0 Å². The van der Waals surface area contributed by atoms with E-state index < -0.39 is 0 Å². The second kappa shape index (κ2) is 6.65. The third-order valence-corrected chi connectivity index (χ3v) is 5.72. The molecule has 7 heteroatoms. The first-order valence-corrected chi connectivity index (χ1v) is 9.40. The van der Waals surface area contributed by atoms with E-state index in [4.69, 9.17) is 15.2 Å². The number of piperidine rings is 1. The van der Waals surface area contributed by atoms with Crippen molar-refractivity contribution in [2.45, 2.75) is 25.8 Å². The molecule has 0 aliphatic carbocycles. The molecule has 25 heavy (non-hydrogen) atoms. The molecule has 132 valence electrons. The fourth-order valence-corrected chi connectivity index (χ4v) is 4.11. The maximum Gasteiger partial charge on any atom is 0.273 e. The smallest absolute Gasteiger partial charge is 0.273 e. The number of amides is 1. The van der Waals surface area contributed by atoms with Crippen molar-refractivity contribution in [2.75, 3.05) is 19.9 Å². The van der Waals surface area contributed by atoms with Crippen LogP contribution in [0.3, 0.4) is 0 Å². The topological polar surface area (TPSA) is 77.7 Å². The van der Waals surface area contributed by atoms with E-state index in [9.17, 15) is 4.79 Å². The first kappa shape index (κ1) is 16.4. The molecular weight excluding hydrogens is 338 g/mol. The van der Waals surface area contributed by atoms with Crippen molar-refractivity contribution in [1.82, 2.24) is 9.88 Å². The molecule has 0 saturated carbocycles. The summed E-state index contributed by atoms with van der Waals surface area (Å²) in [6.45, 7) is 3.75. The van der Waals surface area contributed by atoms with Gasteiger partial charge in [-0.1, -0.05) is 0 Å². The van der Waals surface area contributed by atoms with Gasteiger partial charge in [0.2, 0.25) is 6.79 Å². The van der Waals surface area contributed by atoms with E-state index in [1.54, 1.807) is 0 Å². The van der Waals surface area contributed by atoms with Crippen LogP contribution in [0, 0.1) is 5.92 Å². The minimum absolute atomic E-state index is 0.00593. The van der Waals surface area contributed by atoms with Crippen LogP contribution in [-0.4, -0.2) is 41.7 Å². The van der Waals surface area contributed by atoms with E-state index in [2.05, 4.69) is 4.98 Å². The summed E-state index contributed by atoms with van der Waals surface area (Å²) in [5.41, 5.74) is 7.45. The Labute approximate surface area is 150 Å². The average Bonchev–Trinajstić information content (AvgIpc) is 3.29. The minimum atomic E-state index is -0.00593. The number of hydrogen-bond donors (Lipinski definition) is 1. The molecule has 1 amide bonds. The maximum absolute atomic E-state index is 12.8. The number of nitrogens with zero attached hydrogens (tertiary/aromatic N) is 2. The van der Waals surface area contributed by atoms with Crippen LogP contribution in [0.5, 0.6) is 11.5 Å². The summed E-state index contributed by atoms with van der Waals surface area (Å²) in [5.74, 6) is 1.82. The van der Waals surface area contributed by atoms with Crippen molar-refractivity contribution in [3.05, 3.63) is 29.3 Å². The highest BCUT2D eigenvalue weighted by atomic mass is 32.1. The summed E-state index contributed by atoms with van der Waals surface area (Å²) in [6, 6.07) is 5.82. The standard InChI is InChI=1S/C18H21N3O3S/c1-11(19)13-3-2-6-21(8-13)18(22)14-9-25-17(20-14)12-4-5-15-16(7-12)24-10-23-15/h4-5,7,9,11,13H,2-3,6,8,10,19H2,1H3. The first-order valence-electron chi connectivity index (χ1n) is 8.52. The van der Waals surface area contributed by atoms with E-state index in [1.807, 2.05) is 35.4 Å². The zero-order chi connectivity index (χ0) is 17.4. The van der Waals surface area contributed by atoms with Crippen molar-refractivity contribution < 1.29 is 14.3 Å². The summed E-state index contributed by atoms with van der Waals surface area (Å²) in [7, 11) is 0. The van der Waals surface area contributed by atoms with Gasteiger partial charge in [0.1, 0.15) is 10.7 Å². The predicted octanol–water partition coefficient (Wildman–Crippen LogP) is 2.74.